The molecule has 0 aliphatic carbocycles. The van der Waals surface area contributed by atoms with Gasteiger partial charge in [-0.3, -0.25) is 4.79 Å². The third kappa shape index (κ3) is 4.15. The van der Waals surface area contributed by atoms with Crippen molar-refractivity contribution < 1.29 is 4.79 Å². The lowest BCUT2D eigenvalue weighted by Gasteiger charge is -2.11. The third-order valence-electron chi connectivity index (χ3n) is 3.38. The lowest BCUT2D eigenvalue weighted by atomic mass is 10.0. The summed E-state index contributed by atoms with van der Waals surface area (Å²) in [7, 11) is 0. The van der Waals surface area contributed by atoms with Crippen LogP contribution in [0, 0.1) is 0 Å². The summed E-state index contributed by atoms with van der Waals surface area (Å²) in [5.41, 5.74) is 1.19. The van der Waals surface area contributed by atoms with E-state index < -0.39 is 0 Å². The number of halogens is 1. The third-order valence-corrected chi connectivity index (χ3v) is 4.83. The van der Waals surface area contributed by atoms with Crippen LogP contribution in [0.3, 0.4) is 0 Å². The number of carbonyl (C=O) groups excluding carboxylic acids is 1. The van der Waals surface area contributed by atoms with Crippen molar-refractivity contribution in [3.63, 3.8) is 0 Å². The number of benzene rings is 1. The zero-order chi connectivity index (χ0) is 13.5. The molecular weight excluding hydrogens is 278 g/mol. The van der Waals surface area contributed by atoms with E-state index in [-0.39, 0.29) is 11.8 Å². The van der Waals surface area contributed by atoms with Crippen LogP contribution in [0.25, 0.3) is 0 Å². The Kier molecular flexibility index (Phi) is 6.05. The minimum absolute atomic E-state index is 0.0315. The first-order chi connectivity index (χ1) is 9.33. The van der Waals surface area contributed by atoms with Crippen molar-refractivity contribution in [2.24, 2.45) is 0 Å². The fourth-order valence-electron chi connectivity index (χ4n) is 2.29. The molecule has 1 aliphatic heterocycles. The van der Waals surface area contributed by atoms with E-state index in [1.807, 2.05) is 12.1 Å². The quantitative estimate of drug-likeness (QED) is 0.613. The van der Waals surface area contributed by atoms with Crippen LogP contribution in [0.5, 0.6) is 0 Å². The molecule has 1 atom stereocenters. The molecule has 104 valence electrons. The Bertz CT molecular complexity index is 424. The zero-order valence-corrected chi connectivity index (χ0v) is 12.6. The monoisotopic (exact) mass is 297 g/mol. The van der Waals surface area contributed by atoms with Gasteiger partial charge in [0, 0.05) is 23.1 Å². The number of rotatable bonds is 7. The SMILES string of the molecule is O=C(NCCCCCCCl)C1CSc2ccccc21. The highest BCUT2D eigenvalue weighted by molar-refractivity contribution is 7.99. The van der Waals surface area contributed by atoms with Crippen molar-refractivity contribution in [1.82, 2.24) is 5.32 Å². The minimum atomic E-state index is 0.0315. The van der Waals surface area contributed by atoms with Gasteiger partial charge < -0.3 is 5.32 Å². The van der Waals surface area contributed by atoms with Crippen LogP contribution in [0.1, 0.15) is 37.2 Å². The van der Waals surface area contributed by atoms with Gasteiger partial charge in [0.15, 0.2) is 0 Å². The van der Waals surface area contributed by atoms with E-state index in [1.54, 1.807) is 11.8 Å². The van der Waals surface area contributed by atoms with E-state index in [4.69, 9.17) is 11.6 Å². The molecule has 0 bridgehead atoms. The highest BCUT2D eigenvalue weighted by Gasteiger charge is 2.28. The number of carbonyl (C=O) groups is 1. The lowest BCUT2D eigenvalue weighted by molar-refractivity contribution is -0.122. The second-order valence-corrected chi connectivity index (χ2v) is 6.24. The summed E-state index contributed by atoms with van der Waals surface area (Å²) < 4.78 is 0. The van der Waals surface area contributed by atoms with Crippen LogP contribution >= 0.6 is 23.4 Å². The molecule has 1 aromatic rings. The summed E-state index contributed by atoms with van der Waals surface area (Å²) in [6.07, 6.45) is 4.41. The summed E-state index contributed by atoms with van der Waals surface area (Å²) >= 11 is 7.41. The summed E-state index contributed by atoms with van der Waals surface area (Å²) in [4.78, 5) is 13.4. The number of hydrogen-bond acceptors (Lipinski definition) is 2. The van der Waals surface area contributed by atoms with Crippen molar-refractivity contribution >= 4 is 29.3 Å². The first kappa shape index (κ1) is 14.7. The maximum absolute atomic E-state index is 12.2. The highest BCUT2D eigenvalue weighted by Crippen LogP contribution is 2.39. The lowest BCUT2D eigenvalue weighted by Crippen LogP contribution is -2.30. The molecule has 1 heterocycles. The summed E-state index contributed by atoms with van der Waals surface area (Å²) in [5, 5.41) is 3.06. The van der Waals surface area contributed by atoms with Gasteiger partial charge in [0.1, 0.15) is 0 Å². The highest BCUT2D eigenvalue weighted by atomic mass is 35.5. The Balaban J connectivity index is 1.73. The molecule has 19 heavy (non-hydrogen) atoms. The average molecular weight is 298 g/mol. The number of amides is 1. The predicted molar refractivity (Wildman–Crippen MR) is 82.1 cm³/mol. The average Bonchev–Trinajstić information content (AvgIpc) is 2.86. The summed E-state index contributed by atoms with van der Waals surface area (Å²) in [6, 6.07) is 8.21. The van der Waals surface area contributed by atoms with Crippen LogP contribution in [-0.4, -0.2) is 24.1 Å². The van der Waals surface area contributed by atoms with Gasteiger partial charge in [-0.05, 0) is 24.5 Å². The molecule has 0 radical (unpaired) electrons. The number of hydrogen-bond donors (Lipinski definition) is 1. The molecule has 1 aromatic carbocycles. The van der Waals surface area contributed by atoms with Crippen molar-refractivity contribution in [3.8, 4) is 0 Å². The molecule has 1 unspecified atom stereocenters. The molecule has 1 aliphatic rings. The van der Waals surface area contributed by atoms with Crippen LogP contribution in [0.15, 0.2) is 29.2 Å². The maximum Gasteiger partial charge on any atom is 0.228 e. The van der Waals surface area contributed by atoms with E-state index in [1.165, 1.54) is 10.5 Å². The van der Waals surface area contributed by atoms with Crippen molar-refractivity contribution in [2.45, 2.75) is 36.5 Å². The van der Waals surface area contributed by atoms with Crippen LogP contribution in [0.2, 0.25) is 0 Å². The molecule has 1 amide bonds. The number of unbranched alkanes of at least 4 members (excludes halogenated alkanes) is 3. The molecule has 4 heteroatoms. The van der Waals surface area contributed by atoms with Crippen LogP contribution in [0.4, 0.5) is 0 Å². The first-order valence-electron chi connectivity index (χ1n) is 6.88. The number of thioether (sulfide) groups is 1. The van der Waals surface area contributed by atoms with Gasteiger partial charge in [-0.15, -0.1) is 23.4 Å². The second kappa shape index (κ2) is 7.81. The van der Waals surface area contributed by atoms with E-state index in [2.05, 4.69) is 17.4 Å². The molecule has 1 N–H and O–H groups in total. The van der Waals surface area contributed by atoms with Crippen molar-refractivity contribution in [2.75, 3.05) is 18.2 Å². The Labute approximate surface area is 124 Å². The molecule has 2 nitrogen and oxygen atoms in total. The number of alkyl halides is 1. The van der Waals surface area contributed by atoms with E-state index >= 15 is 0 Å². The van der Waals surface area contributed by atoms with Crippen molar-refractivity contribution in [3.05, 3.63) is 29.8 Å². The van der Waals surface area contributed by atoms with E-state index in [0.29, 0.717) is 0 Å². The first-order valence-corrected chi connectivity index (χ1v) is 8.40. The fourth-order valence-corrected chi connectivity index (χ4v) is 3.71. The maximum atomic E-state index is 12.2. The normalized spacial score (nSPS) is 17.2. The smallest absolute Gasteiger partial charge is 0.228 e. The van der Waals surface area contributed by atoms with Crippen LogP contribution in [-0.2, 0) is 4.79 Å². The Morgan fingerprint density at radius 1 is 1.26 bits per heavy atom. The van der Waals surface area contributed by atoms with Crippen LogP contribution < -0.4 is 5.32 Å². The van der Waals surface area contributed by atoms with Gasteiger partial charge in [-0.25, -0.2) is 0 Å². The van der Waals surface area contributed by atoms with Gasteiger partial charge >= 0.3 is 0 Å². The van der Waals surface area contributed by atoms with E-state index in [0.717, 1.165) is 43.9 Å². The molecule has 2 rings (SSSR count). The number of nitrogens with one attached hydrogen (secondary N) is 1. The Morgan fingerprint density at radius 3 is 2.89 bits per heavy atom. The van der Waals surface area contributed by atoms with Gasteiger partial charge in [0.25, 0.3) is 0 Å². The molecule has 0 spiro atoms. The van der Waals surface area contributed by atoms with Gasteiger partial charge in [0.2, 0.25) is 5.91 Å². The molecule has 0 saturated heterocycles. The summed E-state index contributed by atoms with van der Waals surface area (Å²) in [6.45, 7) is 0.782. The molecular formula is C15H20ClNOS. The number of fused-ring (bicyclic) bond motifs is 1. The predicted octanol–water partition coefficient (Wildman–Crippen LogP) is 3.79. The molecule has 0 fully saturated rings. The largest absolute Gasteiger partial charge is 0.356 e. The Hall–Kier alpha value is -0.670. The van der Waals surface area contributed by atoms with Gasteiger partial charge in [-0.1, -0.05) is 31.0 Å². The molecule has 0 saturated carbocycles. The van der Waals surface area contributed by atoms with Gasteiger partial charge in [-0.2, -0.15) is 0 Å². The Morgan fingerprint density at radius 2 is 2.05 bits per heavy atom. The van der Waals surface area contributed by atoms with Gasteiger partial charge in [0.05, 0.1) is 5.92 Å². The van der Waals surface area contributed by atoms with Crippen molar-refractivity contribution in [1.29, 1.82) is 0 Å². The fraction of sp³-hybridized carbons (Fsp3) is 0.533. The summed E-state index contributed by atoms with van der Waals surface area (Å²) in [5.74, 6) is 1.82. The minimum Gasteiger partial charge on any atom is -0.356 e. The zero-order valence-electron chi connectivity index (χ0n) is 11.0. The van der Waals surface area contributed by atoms with E-state index in [9.17, 15) is 4.79 Å². The molecule has 0 aromatic heterocycles. The second-order valence-electron chi connectivity index (χ2n) is 4.80. The topological polar surface area (TPSA) is 29.1 Å². The standard InChI is InChI=1S/C15H20ClNOS/c16-9-5-1-2-6-10-17-15(18)13-11-19-14-8-4-3-7-12(13)14/h3-4,7-8,13H,1-2,5-6,9-11H2,(H,17,18).